The third kappa shape index (κ3) is 3.89. The number of aromatic nitrogens is 2. The van der Waals surface area contributed by atoms with Gasteiger partial charge in [0.1, 0.15) is 11.4 Å². The second kappa shape index (κ2) is 7.46. The summed E-state index contributed by atoms with van der Waals surface area (Å²) in [6.45, 7) is 1.69. The predicted molar refractivity (Wildman–Crippen MR) is 90.2 cm³/mol. The van der Waals surface area contributed by atoms with Gasteiger partial charge in [0, 0.05) is 24.3 Å². The van der Waals surface area contributed by atoms with Crippen molar-refractivity contribution in [2.75, 3.05) is 6.61 Å². The fraction of sp³-hybridized carbons (Fsp3) is 0.263. The van der Waals surface area contributed by atoms with Gasteiger partial charge in [0.05, 0.1) is 18.2 Å². The highest BCUT2D eigenvalue weighted by Gasteiger charge is 2.01. The van der Waals surface area contributed by atoms with Gasteiger partial charge in [-0.15, -0.1) is 0 Å². The molecule has 2 aromatic heterocycles. The van der Waals surface area contributed by atoms with Gasteiger partial charge in [0.2, 0.25) is 0 Å². The number of ether oxygens (including phenoxy) is 1. The second-order valence-corrected chi connectivity index (χ2v) is 5.47. The molecule has 0 radical (unpaired) electrons. The van der Waals surface area contributed by atoms with Gasteiger partial charge in [-0.3, -0.25) is 0 Å². The lowest BCUT2D eigenvalue weighted by atomic mass is 10.2. The smallest absolute Gasteiger partial charge is 0.139 e. The van der Waals surface area contributed by atoms with Crippen molar-refractivity contribution in [1.82, 2.24) is 9.55 Å². The molecule has 4 heteroatoms. The van der Waals surface area contributed by atoms with Crippen molar-refractivity contribution < 1.29 is 4.74 Å². The number of nitrogens with zero attached hydrogens (tertiary/aromatic N) is 3. The van der Waals surface area contributed by atoms with E-state index in [0.717, 1.165) is 37.2 Å². The molecule has 3 rings (SSSR count). The number of hydrogen-bond acceptors (Lipinski definition) is 3. The lowest BCUT2D eigenvalue weighted by molar-refractivity contribution is 0.304. The van der Waals surface area contributed by atoms with Crippen LogP contribution in [0.5, 0.6) is 5.75 Å². The van der Waals surface area contributed by atoms with Crippen LogP contribution in [-0.4, -0.2) is 16.2 Å². The number of benzene rings is 1. The summed E-state index contributed by atoms with van der Waals surface area (Å²) in [6, 6.07) is 15.5. The fourth-order valence-corrected chi connectivity index (χ4v) is 2.58. The molecule has 1 aromatic carbocycles. The van der Waals surface area contributed by atoms with E-state index in [2.05, 4.69) is 33.9 Å². The van der Waals surface area contributed by atoms with Gasteiger partial charge in [-0.2, -0.15) is 5.26 Å². The number of aryl methyl sites for hydroxylation is 1. The Kier molecular flexibility index (Phi) is 4.90. The number of rotatable bonds is 7. The molecular weight excluding hydrogens is 286 g/mol. The van der Waals surface area contributed by atoms with E-state index in [9.17, 15) is 0 Å². The van der Waals surface area contributed by atoms with Gasteiger partial charge in [0.15, 0.2) is 0 Å². The molecule has 2 heterocycles. The maximum Gasteiger partial charge on any atom is 0.139 e. The number of unbranched alkanes of at least 4 members (excludes halogenated alkanes) is 2. The third-order valence-corrected chi connectivity index (χ3v) is 3.82. The molecule has 0 amide bonds. The minimum absolute atomic E-state index is 0.657. The molecule has 0 aliphatic heterocycles. The van der Waals surface area contributed by atoms with E-state index in [1.807, 2.05) is 24.4 Å². The van der Waals surface area contributed by atoms with Crippen molar-refractivity contribution >= 4 is 11.0 Å². The van der Waals surface area contributed by atoms with Crippen LogP contribution in [0.2, 0.25) is 0 Å². The monoisotopic (exact) mass is 305 g/mol. The second-order valence-electron chi connectivity index (χ2n) is 5.47. The largest absolute Gasteiger partial charge is 0.494 e. The Labute approximate surface area is 136 Å². The van der Waals surface area contributed by atoms with Crippen LogP contribution in [0.4, 0.5) is 0 Å². The van der Waals surface area contributed by atoms with Crippen LogP contribution in [0, 0.1) is 11.3 Å². The Bertz CT molecular complexity index is 799. The minimum Gasteiger partial charge on any atom is -0.494 e. The van der Waals surface area contributed by atoms with Crippen LogP contribution in [-0.2, 0) is 6.54 Å². The molecule has 0 saturated heterocycles. The van der Waals surface area contributed by atoms with Gasteiger partial charge in [-0.05, 0) is 61.7 Å². The number of nitriles is 1. The summed E-state index contributed by atoms with van der Waals surface area (Å²) >= 11 is 0. The minimum atomic E-state index is 0.657. The maximum absolute atomic E-state index is 8.75. The highest BCUT2D eigenvalue weighted by molar-refractivity contribution is 5.75. The van der Waals surface area contributed by atoms with Crippen LogP contribution >= 0.6 is 0 Å². The molecule has 4 nitrogen and oxygen atoms in total. The average molecular weight is 305 g/mol. The molecule has 23 heavy (non-hydrogen) atoms. The van der Waals surface area contributed by atoms with E-state index in [4.69, 9.17) is 10.00 Å². The van der Waals surface area contributed by atoms with Gasteiger partial charge in [0.25, 0.3) is 0 Å². The van der Waals surface area contributed by atoms with Crippen molar-refractivity contribution in [3.8, 4) is 11.8 Å². The molecule has 0 saturated carbocycles. The zero-order valence-corrected chi connectivity index (χ0v) is 13.0. The first-order valence-electron chi connectivity index (χ1n) is 7.89. The van der Waals surface area contributed by atoms with E-state index in [1.54, 1.807) is 12.1 Å². The SMILES string of the molecule is N#Cc1ccc(OCCCCCn2ccc3cccnc32)cc1. The normalized spacial score (nSPS) is 10.6. The number of hydrogen-bond donors (Lipinski definition) is 0. The molecule has 116 valence electrons. The molecule has 0 fully saturated rings. The summed E-state index contributed by atoms with van der Waals surface area (Å²) < 4.78 is 7.89. The lowest BCUT2D eigenvalue weighted by Crippen LogP contribution is -2.00. The van der Waals surface area contributed by atoms with Crippen molar-refractivity contribution in [2.45, 2.75) is 25.8 Å². The van der Waals surface area contributed by atoms with E-state index in [1.165, 1.54) is 5.39 Å². The van der Waals surface area contributed by atoms with Crippen LogP contribution in [0.15, 0.2) is 54.9 Å². The van der Waals surface area contributed by atoms with Crippen LogP contribution in [0.3, 0.4) is 0 Å². The molecule has 0 spiro atoms. The first kappa shape index (κ1) is 15.1. The van der Waals surface area contributed by atoms with Crippen LogP contribution in [0.1, 0.15) is 24.8 Å². The Hall–Kier alpha value is -2.80. The Morgan fingerprint density at radius 3 is 2.74 bits per heavy atom. The molecule has 0 unspecified atom stereocenters. The molecule has 0 aliphatic carbocycles. The predicted octanol–water partition coefficient (Wildman–Crippen LogP) is 4.16. The molecule has 0 bridgehead atoms. The van der Waals surface area contributed by atoms with Gasteiger partial charge < -0.3 is 9.30 Å². The third-order valence-electron chi connectivity index (χ3n) is 3.82. The summed E-state index contributed by atoms with van der Waals surface area (Å²) in [5, 5.41) is 9.94. The lowest BCUT2D eigenvalue weighted by Gasteiger charge is -2.07. The molecule has 0 aliphatic rings. The van der Waals surface area contributed by atoms with E-state index in [0.29, 0.717) is 12.2 Å². The van der Waals surface area contributed by atoms with Gasteiger partial charge in [-0.1, -0.05) is 0 Å². The molecular formula is C19H19N3O. The first-order chi connectivity index (χ1) is 11.4. The summed E-state index contributed by atoms with van der Waals surface area (Å²) in [4.78, 5) is 4.43. The molecule has 3 aromatic rings. The summed E-state index contributed by atoms with van der Waals surface area (Å²) in [5.41, 5.74) is 1.71. The highest BCUT2D eigenvalue weighted by Crippen LogP contribution is 2.14. The quantitative estimate of drug-likeness (QED) is 0.616. The van der Waals surface area contributed by atoms with Crippen molar-refractivity contribution in [3.05, 3.63) is 60.4 Å². The van der Waals surface area contributed by atoms with Gasteiger partial charge in [-0.25, -0.2) is 4.98 Å². The standard InChI is InChI=1S/C19H19N3O/c20-15-16-6-8-18(9-7-16)23-14-3-1-2-12-22-13-10-17-5-4-11-21-19(17)22/h4-11,13H,1-3,12,14H2. The Balaban J connectivity index is 1.38. The van der Waals surface area contributed by atoms with E-state index >= 15 is 0 Å². The van der Waals surface area contributed by atoms with E-state index in [-0.39, 0.29) is 0 Å². The Morgan fingerprint density at radius 2 is 1.91 bits per heavy atom. The van der Waals surface area contributed by atoms with E-state index < -0.39 is 0 Å². The zero-order valence-electron chi connectivity index (χ0n) is 13.0. The van der Waals surface area contributed by atoms with Gasteiger partial charge >= 0.3 is 0 Å². The molecule has 0 N–H and O–H groups in total. The summed E-state index contributed by atoms with van der Waals surface area (Å²) in [7, 11) is 0. The van der Waals surface area contributed by atoms with Crippen molar-refractivity contribution in [1.29, 1.82) is 5.26 Å². The summed E-state index contributed by atoms with van der Waals surface area (Å²) in [6.07, 6.45) is 7.18. The number of fused-ring (bicyclic) bond motifs is 1. The average Bonchev–Trinajstić information content (AvgIpc) is 3.02. The topological polar surface area (TPSA) is 50.8 Å². The Morgan fingerprint density at radius 1 is 1.04 bits per heavy atom. The first-order valence-corrected chi connectivity index (χ1v) is 7.89. The van der Waals surface area contributed by atoms with Crippen LogP contribution < -0.4 is 4.74 Å². The zero-order chi connectivity index (χ0) is 15.9. The number of pyridine rings is 1. The maximum atomic E-state index is 8.75. The van der Waals surface area contributed by atoms with Crippen LogP contribution in [0.25, 0.3) is 11.0 Å². The highest BCUT2D eigenvalue weighted by atomic mass is 16.5. The van der Waals surface area contributed by atoms with Crippen molar-refractivity contribution in [2.24, 2.45) is 0 Å². The fourth-order valence-electron chi connectivity index (χ4n) is 2.58. The summed E-state index contributed by atoms with van der Waals surface area (Å²) in [5.74, 6) is 0.824. The van der Waals surface area contributed by atoms with Crippen molar-refractivity contribution in [3.63, 3.8) is 0 Å². The molecule has 0 atom stereocenters.